The van der Waals surface area contributed by atoms with Crippen LogP contribution in [0.25, 0.3) is 0 Å². The first-order valence-electron chi connectivity index (χ1n) is 9.11. The summed E-state index contributed by atoms with van der Waals surface area (Å²) in [5.41, 5.74) is 5.38. The Morgan fingerprint density at radius 2 is 1.50 bits per heavy atom. The molecule has 0 aromatic carbocycles. The smallest absolute Gasteiger partial charge is 0.223 e. The molecule has 24 heavy (non-hydrogen) atoms. The first-order valence-corrected chi connectivity index (χ1v) is 9.11. The molecular weight excluding hydrogens is 306 g/mol. The van der Waals surface area contributed by atoms with Gasteiger partial charge in [0.05, 0.1) is 0 Å². The molecule has 0 aliphatic carbocycles. The van der Waals surface area contributed by atoms with E-state index in [0.29, 0.717) is 19.5 Å². The maximum absolute atomic E-state index is 12.1. The number of nitrogens with one attached hydrogen (secondary N) is 4. The van der Waals surface area contributed by atoms with Crippen molar-refractivity contribution in [2.75, 3.05) is 39.3 Å². The van der Waals surface area contributed by atoms with E-state index in [1.165, 1.54) is 0 Å². The number of amides is 2. The van der Waals surface area contributed by atoms with Gasteiger partial charge in [0.15, 0.2) is 0 Å². The topological polar surface area (TPSA) is 108 Å². The van der Waals surface area contributed by atoms with Gasteiger partial charge in [0.25, 0.3) is 0 Å². The molecule has 0 rings (SSSR count). The highest BCUT2D eigenvalue weighted by Gasteiger charge is 2.23. The van der Waals surface area contributed by atoms with Crippen LogP contribution in [0.5, 0.6) is 0 Å². The lowest BCUT2D eigenvalue weighted by molar-refractivity contribution is -0.128. The van der Waals surface area contributed by atoms with Crippen molar-refractivity contribution in [3.63, 3.8) is 0 Å². The summed E-state index contributed by atoms with van der Waals surface area (Å²) in [6.45, 7) is 12.2. The number of hydrogen-bond acceptors (Lipinski definition) is 5. The molecule has 0 aliphatic rings. The second-order valence-electron chi connectivity index (χ2n) is 6.48. The molecule has 0 fully saturated rings. The summed E-state index contributed by atoms with van der Waals surface area (Å²) >= 11 is 0. The van der Waals surface area contributed by atoms with E-state index < -0.39 is 0 Å². The predicted octanol–water partition coefficient (Wildman–Crippen LogP) is -0.182. The Labute approximate surface area is 146 Å². The molecule has 2 atom stereocenters. The van der Waals surface area contributed by atoms with Crippen molar-refractivity contribution in [3.05, 3.63) is 0 Å². The Morgan fingerprint density at radius 1 is 0.917 bits per heavy atom. The molecule has 6 N–H and O–H groups in total. The van der Waals surface area contributed by atoms with E-state index in [0.717, 1.165) is 32.6 Å². The SMILES string of the molecule is CCC(CC(C)C(=O)NCCNCCNCCN)C(=O)NC(C)C. The van der Waals surface area contributed by atoms with Crippen molar-refractivity contribution in [1.82, 2.24) is 21.3 Å². The molecule has 0 bridgehead atoms. The molecule has 0 spiro atoms. The van der Waals surface area contributed by atoms with E-state index in [9.17, 15) is 9.59 Å². The Kier molecular flexibility index (Phi) is 13.5. The summed E-state index contributed by atoms with van der Waals surface area (Å²) in [6.07, 6.45) is 1.32. The fourth-order valence-electron chi connectivity index (χ4n) is 2.37. The molecule has 7 nitrogen and oxygen atoms in total. The Hall–Kier alpha value is -1.18. The highest BCUT2D eigenvalue weighted by Crippen LogP contribution is 2.16. The normalized spacial score (nSPS) is 13.6. The minimum atomic E-state index is -0.168. The number of carbonyl (C=O) groups excluding carboxylic acids is 2. The summed E-state index contributed by atoms with van der Waals surface area (Å²) < 4.78 is 0. The van der Waals surface area contributed by atoms with E-state index in [1.807, 2.05) is 27.7 Å². The van der Waals surface area contributed by atoms with Gasteiger partial charge in [-0.15, -0.1) is 0 Å². The first kappa shape index (κ1) is 22.8. The van der Waals surface area contributed by atoms with Crippen molar-refractivity contribution in [3.8, 4) is 0 Å². The van der Waals surface area contributed by atoms with E-state index in [4.69, 9.17) is 5.73 Å². The van der Waals surface area contributed by atoms with Crippen LogP contribution in [-0.4, -0.2) is 57.1 Å². The predicted molar refractivity (Wildman–Crippen MR) is 98.6 cm³/mol. The number of rotatable bonds is 14. The van der Waals surface area contributed by atoms with Crippen LogP contribution in [0.3, 0.4) is 0 Å². The highest BCUT2D eigenvalue weighted by molar-refractivity contribution is 5.81. The van der Waals surface area contributed by atoms with Gasteiger partial charge in [-0.3, -0.25) is 9.59 Å². The lowest BCUT2D eigenvalue weighted by Gasteiger charge is -2.20. The molecule has 7 heteroatoms. The van der Waals surface area contributed by atoms with Gasteiger partial charge in [-0.25, -0.2) is 0 Å². The Balaban J connectivity index is 3.90. The third-order valence-electron chi connectivity index (χ3n) is 3.78. The summed E-state index contributed by atoms with van der Waals surface area (Å²) in [5, 5.41) is 12.3. The van der Waals surface area contributed by atoms with Crippen LogP contribution in [0.2, 0.25) is 0 Å². The standard InChI is InChI=1S/C17H37N5O2/c1-5-15(17(24)22-13(2)3)12-14(4)16(23)21-11-10-20-9-8-19-7-6-18/h13-15,19-20H,5-12,18H2,1-4H3,(H,21,23)(H,22,24). The van der Waals surface area contributed by atoms with Crippen LogP contribution < -0.4 is 27.0 Å². The van der Waals surface area contributed by atoms with Crippen LogP contribution >= 0.6 is 0 Å². The maximum Gasteiger partial charge on any atom is 0.223 e. The van der Waals surface area contributed by atoms with Crippen LogP contribution in [0, 0.1) is 11.8 Å². The second kappa shape index (κ2) is 14.2. The van der Waals surface area contributed by atoms with Gasteiger partial charge < -0.3 is 27.0 Å². The van der Waals surface area contributed by atoms with Crippen LogP contribution in [0.4, 0.5) is 0 Å². The van der Waals surface area contributed by atoms with Gasteiger partial charge >= 0.3 is 0 Å². The van der Waals surface area contributed by atoms with Crippen molar-refractivity contribution in [2.45, 2.75) is 46.6 Å². The zero-order chi connectivity index (χ0) is 18.4. The van der Waals surface area contributed by atoms with Crippen LogP contribution in [-0.2, 0) is 9.59 Å². The number of carbonyl (C=O) groups is 2. The summed E-state index contributed by atoms with van der Waals surface area (Å²) in [6, 6.07) is 0.126. The van der Waals surface area contributed by atoms with Crippen molar-refractivity contribution in [1.29, 1.82) is 0 Å². The van der Waals surface area contributed by atoms with E-state index in [1.54, 1.807) is 0 Å². The van der Waals surface area contributed by atoms with Gasteiger partial charge in [0.1, 0.15) is 0 Å². The molecule has 2 unspecified atom stereocenters. The minimum absolute atomic E-state index is 0.00820. The average molecular weight is 344 g/mol. The maximum atomic E-state index is 12.1. The Morgan fingerprint density at radius 3 is 2.04 bits per heavy atom. The molecule has 0 saturated carbocycles. The third kappa shape index (κ3) is 11.4. The molecule has 142 valence electrons. The lowest BCUT2D eigenvalue weighted by Crippen LogP contribution is -2.40. The molecule has 0 heterocycles. The van der Waals surface area contributed by atoms with Crippen molar-refractivity contribution >= 4 is 11.8 Å². The third-order valence-corrected chi connectivity index (χ3v) is 3.78. The quantitative estimate of drug-likeness (QED) is 0.281. The first-order chi connectivity index (χ1) is 11.4. The van der Waals surface area contributed by atoms with Gasteiger partial charge in [-0.1, -0.05) is 13.8 Å². The highest BCUT2D eigenvalue weighted by atomic mass is 16.2. The van der Waals surface area contributed by atoms with Crippen molar-refractivity contribution in [2.24, 2.45) is 17.6 Å². The zero-order valence-corrected chi connectivity index (χ0v) is 15.8. The second-order valence-corrected chi connectivity index (χ2v) is 6.48. The van der Waals surface area contributed by atoms with Gasteiger partial charge in [-0.2, -0.15) is 0 Å². The van der Waals surface area contributed by atoms with E-state index in [2.05, 4.69) is 21.3 Å². The lowest BCUT2D eigenvalue weighted by atomic mass is 9.92. The average Bonchev–Trinajstić information content (AvgIpc) is 2.53. The molecule has 0 aromatic heterocycles. The van der Waals surface area contributed by atoms with Crippen LogP contribution in [0.15, 0.2) is 0 Å². The molecular formula is C17H37N5O2. The molecule has 2 amide bonds. The molecule has 0 saturated heterocycles. The largest absolute Gasteiger partial charge is 0.355 e. The van der Waals surface area contributed by atoms with Crippen molar-refractivity contribution < 1.29 is 9.59 Å². The van der Waals surface area contributed by atoms with E-state index >= 15 is 0 Å². The number of nitrogens with two attached hydrogens (primary N) is 1. The summed E-state index contributed by atoms with van der Waals surface area (Å²) in [4.78, 5) is 24.2. The number of hydrogen-bond donors (Lipinski definition) is 5. The molecule has 0 aromatic rings. The van der Waals surface area contributed by atoms with Gasteiger partial charge in [0.2, 0.25) is 11.8 Å². The fourth-order valence-corrected chi connectivity index (χ4v) is 2.37. The summed E-state index contributed by atoms with van der Waals surface area (Å²) in [5.74, 6) is -0.230. The van der Waals surface area contributed by atoms with Gasteiger partial charge in [0, 0.05) is 57.1 Å². The molecule has 0 aliphatic heterocycles. The van der Waals surface area contributed by atoms with E-state index in [-0.39, 0.29) is 29.7 Å². The van der Waals surface area contributed by atoms with Gasteiger partial charge in [-0.05, 0) is 26.7 Å². The van der Waals surface area contributed by atoms with Crippen LogP contribution in [0.1, 0.15) is 40.5 Å². The monoisotopic (exact) mass is 343 g/mol. The summed E-state index contributed by atoms with van der Waals surface area (Å²) in [7, 11) is 0. The minimum Gasteiger partial charge on any atom is -0.355 e. The molecule has 0 radical (unpaired) electrons. The fraction of sp³-hybridized carbons (Fsp3) is 0.882. The Bertz CT molecular complexity index is 350. The zero-order valence-electron chi connectivity index (χ0n) is 15.8.